The number of hydrogen-bond donors (Lipinski definition) is 0. The third-order valence-corrected chi connectivity index (χ3v) is 8.36. The fraction of sp³-hybridized carbons (Fsp3) is 0. The molecule has 0 amide bonds. The molecule has 48 heavy (non-hydrogen) atoms. The Morgan fingerprint density at radius 2 is 0.979 bits per heavy atom. The van der Waals surface area contributed by atoms with Crippen LogP contribution in [0, 0.1) is 0 Å². The number of rotatable bonds is 6. The molecule has 2 heteroatoms. The summed E-state index contributed by atoms with van der Waals surface area (Å²) >= 11 is 0. The van der Waals surface area contributed by atoms with Crippen molar-refractivity contribution in [3.8, 4) is 33.4 Å². The number of furan rings is 1. The largest absolute Gasteiger partial charge is 0.455 e. The topological polar surface area (TPSA) is 16.4 Å². The molecule has 0 N–H and O–H groups in total. The third kappa shape index (κ3) is 4.83. The highest BCUT2D eigenvalue weighted by molar-refractivity contribution is 6.22. The molecule has 1 aromatic heterocycles. The lowest BCUT2D eigenvalue weighted by Gasteiger charge is -2.26. The summed E-state index contributed by atoms with van der Waals surface area (Å²) in [5, 5.41) is -0.744. The van der Waals surface area contributed by atoms with E-state index >= 15 is 0 Å². The van der Waals surface area contributed by atoms with E-state index in [1.807, 2.05) is 109 Å². The van der Waals surface area contributed by atoms with Gasteiger partial charge in [-0.05, 0) is 81.2 Å². The van der Waals surface area contributed by atoms with Crippen molar-refractivity contribution in [2.75, 3.05) is 4.90 Å². The summed E-state index contributed by atoms with van der Waals surface area (Å²) in [5.41, 5.74) is 3.41. The van der Waals surface area contributed by atoms with Gasteiger partial charge in [0.15, 0.2) is 0 Å². The second-order valence-electron chi connectivity index (χ2n) is 11.1. The molecule has 0 atom stereocenters. The molecular formula is C46H31NO. The number of nitrogens with zero attached hydrogens (tertiary/aromatic N) is 1. The Balaban J connectivity index is 1.45. The van der Waals surface area contributed by atoms with Crippen molar-refractivity contribution in [3.63, 3.8) is 0 Å². The second-order valence-corrected chi connectivity index (χ2v) is 11.1. The van der Waals surface area contributed by atoms with Gasteiger partial charge >= 0.3 is 0 Å². The van der Waals surface area contributed by atoms with E-state index in [-0.39, 0.29) is 44.0 Å². The fourth-order valence-electron chi connectivity index (χ4n) is 6.11. The van der Waals surface area contributed by atoms with E-state index in [4.69, 9.17) is 19.5 Å². The van der Waals surface area contributed by atoms with Gasteiger partial charge in [0, 0.05) is 22.1 Å². The van der Waals surface area contributed by atoms with Crippen molar-refractivity contribution in [1.29, 1.82) is 0 Å². The molecule has 0 unspecified atom stereocenters. The Kier molecular flexibility index (Phi) is 4.29. The summed E-state index contributed by atoms with van der Waals surface area (Å²) in [5.74, 6) is 0. The summed E-state index contributed by atoms with van der Waals surface area (Å²) in [6.07, 6.45) is 0. The molecule has 0 aliphatic rings. The van der Waals surface area contributed by atoms with Gasteiger partial charge in [-0.15, -0.1) is 0 Å². The van der Waals surface area contributed by atoms with Crippen LogP contribution in [0.3, 0.4) is 0 Å². The molecule has 226 valence electrons. The van der Waals surface area contributed by atoms with Gasteiger partial charge < -0.3 is 9.32 Å². The fourth-order valence-corrected chi connectivity index (χ4v) is 6.11. The van der Waals surface area contributed by atoms with Crippen molar-refractivity contribution >= 4 is 49.8 Å². The maximum atomic E-state index is 9.89. The molecule has 0 fully saturated rings. The van der Waals surface area contributed by atoms with Gasteiger partial charge in [0.05, 0.1) is 28.9 Å². The van der Waals surface area contributed by atoms with Gasteiger partial charge in [-0.2, -0.15) is 0 Å². The predicted molar refractivity (Wildman–Crippen MR) is 202 cm³/mol. The lowest BCUT2D eigenvalue weighted by Crippen LogP contribution is -2.10. The molecule has 0 saturated heterocycles. The number of benzene rings is 8. The quantitative estimate of drug-likeness (QED) is 0.183. The van der Waals surface area contributed by atoms with E-state index in [2.05, 4.69) is 0 Å². The van der Waals surface area contributed by atoms with Crippen LogP contribution in [0.2, 0.25) is 0 Å². The van der Waals surface area contributed by atoms with E-state index in [1.54, 1.807) is 4.90 Å². The normalized spacial score (nSPS) is 15.1. The van der Waals surface area contributed by atoms with Gasteiger partial charge in [0.1, 0.15) is 11.2 Å². The van der Waals surface area contributed by atoms with Gasteiger partial charge in [0.25, 0.3) is 0 Å². The lowest BCUT2D eigenvalue weighted by molar-refractivity contribution is 0.672. The molecule has 2 nitrogen and oxygen atoms in total. The van der Waals surface area contributed by atoms with Crippen molar-refractivity contribution < 1.29 is 22.2 Å². The molecular weight excluding hydrogens is 583 g/mol. The van der Waals surface area contributed by atoms with Crippen molar-refractivity contribution in [2.24, 2.45) is 0 Å². The SMILES string of the molecule is [2H]c1c([2H])c([2H])c(-c2c([2H])c3c(oc4c([2H])c([2H])c([2H])c(N(c5ccc(-c6ccccc6)cc5)c5ccc(-c6ccccc6)cc5)c43)c3c([2H])c([2H])c([2H])c([2H])c23)c([2H])c1[2H]. The summed E-state index contributed by atoms with van der Waals surface area (Å²) < 4.78 is 122. The third-order valence-electron chi connectivity index (χ3n) is 8.36. The molecule has 0 saturated carbocycles. The Hall–Kier alpha value is -6.38. The maximum absolute atomic E-state index is 9.89. The van der Waals surface area contributed by atoms with Crippen LogP contribution in [0.1, 0.15) is 17.8 Å². The number of hydrogen-bond acceptors (Lipinski definition) is 2. The molecule has 9 aromatic rings. The highest BCUT2D eigenvalue weighted by Crippen LogP contribution is 2.46. The zero-order chi connectivity index (χ0) is 43.2. The summed E-state index contributed by atoms with van der Waals surface area (Å²) in [7, 11) is 0. The van der Waals surface area contributed by atoms with Crippen LogP contribution in [0.15, 0.2) is 192 Å². The van der Waals surface area contributed by atoms with E-state index in [9.17, 15) is 2.74 Å². The second kappa shape index (κ2) is 11.8. The monoisotopic (exact) mass is 626 g/mol. The van der Waals surface area contributed by atoms with Gasteiger partial charge in [0.2, 0.25) is 0 Å². The highest BCUT2D eigenvalue weighted by atomic mass is 16.3. The maximum Gasteiger partial charge on any atom is 0.143 e. The molecule has 8 aromatic carbocycles. The Morgan fingerprint density at radius 3 is 1.58 bits per heavy atom. The van der Waals surface area contributed by atoms with E-state index in [0.29, 0.717) is 11.4 Å². The standard InChI is InChI=1S/C46H31NO/c1-4-13-32(14-5-1)34-23-27-37(28-24-34)47(38-29-25-35(26-30-38)33-15-6-2-7-16-33)43-21-12-22-44-45(43)42-31-41(36-17-8-3-9-18-36)39-19-10-11-20-40(39)46(42)48-44/h1-31H/i3D,8D,9D,10D,11D,12D,17D,18D,19D,20D,21D,22D,31D. The first-order valence-corrected chi connectivity index (χ1v) is 15.3. The molecule has 0 aliphatic heterocycles. The van der Waals surface area contributed by atoms with Crippen LogP contribution < -0.4 is 4.90 Å². The van der Waals surface area contributed by atoms with E-state index < -0.39 is 84.1 Å². The molecule has 0 spiro atoms. The van der Waals surface area contributed by atoms with Crippen LogP contribution in [-0.4, -0.2) is 0 Å². The highest BCUT2D eigenvalue weighted by Gasteiger charge is 2.22. The minimum Gasteiger partial charge on any atom is -0.455 e. The minimum atomic E-state index is -0.716. The summed E-state index contributed by atoms with van der Waals surface area (Å²) in [4.78, 5) is 1.70. The first kappa shape index (κ1) is 17.5. The Morgan fingerprint density at radius 1 is 0.438 bits per heavy atom. The zero-order valence-electron chi connectivity index (χ0n) is 38.2. The van der Waals surface area contributed by atoms with E-state index in [1.165, 1.54) is 0 Å². The van der Waals surface area contributed by atoms with Crippen LogP contribution in [0.4, 0.5) is 17.1 Å². The van der Waals surface area contributed by atoms with Gasteiger partial charge in [-0.1, -0.05) is 145 Å². The predicted octanol–water partition coefficient (Wildman–Crippen LogP) is 13.2. The average Bonchev–Trinajstić information content (AvgIpc) is 3.69. The Bertz CT molecular complexity index is 3150. The first-order valence-electron chi connectivity index (χ1n) is 21.8. The van der Waals surface area contributed by atoms with Crippen LogP contribution in [0.25, 0.3) is 66.1 Å². The Labute approximate surface area is 298 Å². The van der Waals surface area contributed by atoms with Gasteiger partial charge in [-0.25, -0.2) is 0 Å². The summed E-state index contributed by atoms with van der Waals surface area (Å²) in [6, 6.07) is 26.3. The molecule has 0 radical (unpaired) electrons. The van der Waals surface area contributed by atoms with E-state index in [0.717, 1.165) is 22.3 Å². The molecule has 0 aliphatic carbocycles. The van der Waals surface area contributed by atoms with Crippen LogP contribution >= 0.6 is 0 Å². The molecule has 9 rings (SSSR count). The van der Waals surface area contributed by atoms with Gasteiger partial charge in [-0.3, -0.25) is 0 Å². The zero-order valence-corrected chi connectivity index (χ0v) is 25.2. The average molecular weight is 627 g/mol. The number of fused-ring (bicyclic) bond motifs is 5. The first-order chi connectivity index (χ1) is 29.2. The summed E-state index contributed by atoms with van der Waals surface area (Å²) in [6.45, 7) is 0. The van der Waals surface area contributed by atoms with Crippen LogP contribution in [0.5, 0.6) is 0 Å². The molecule has 0 bridgehead atoms. The van der Waals surface area contributed by atoms with Crippen LogP contribution in [-0.2, 0) is 0 Å². The lowest BCUT2D eigenvalue weighted by atomic mass is 9.95. The van der Waals surface area contributed by atoms with Crippen molar-refractivity contribution in [1.82, 2.24) is 0 Å². The minimum absolute atomic E-state index is 0.00960. The van der Waals surface area contributed by atoms with Crippen molar-refractivity contribution in [3.05, 3.63) is 188 Å². The van der Waals surface area contributed by atoms with Crippen molar-refractivity contribution in [2.45, 2.75) is 0 Å². The number of anilines is 3. The molecule has 1 heterocycles. The smallest absolute Gasteiger partial charge is 0.143 e.